The van der Waals surface area contributed by atoms with Gasteiger partial charge in [0.1, 0.15) is 5.41 Å². The van der Waals surface area contributed by atoms with Crippen LogP contribution in [0.4, 0.5) is 4.79 Å². The second-order valence-electron chi connectivity index (χ2n) is 4.75. The van der Waals surface area contributed by atoms with Crippen LogP contribution in [0.1, 0.15) is 33.6 Å². The molecule has 19 heavy (non-hydrogen) atoms. The molecule has 1 saturated heterocycles. The third-order valence-corrected chi connectivity index (χ3v) is 2.88. The largest absolute Gasteiger partial charge is 0.466 e. The molecule has 0 aromatic rings. The lowest BCUT2D eigenvalue weighted by Crippen LogP contribution is -2.61. The molecule has 4 amide bonds. The van der Waals surface area contributed by atoms with Gasteiger partial charge in [-0.3, -0.25) is 24.6 Å². The molecular formula is C12H18N2O5. The monoisotopic (exact) mass is 270 g/mol. The molecule has 0 radical (unpaired) electrons. The molecule has 0 atom stereocenters. The van der Waals surface area contributed by atoms with Gasteiger partial charge in [0.15, 0.2) is 0 Å². The van der Waals surface area contributed by atoms with Crippen LogP contribution < -0.4 is 5.32 Å². The SMILES string of the molecule is CCOC(=O)CCCN1C(=O)NC(=O)C(C)(C)C1=O. The number of rotatable bonds is 5. The van der Waals surface area contributed by atoms with Crippen molar-refractivity contribution >= 4 is 23.8 Å². The number of nitrogens with one attached hydrogen (secondary N) is 1. The van der Waals surface area contributed by atoms with Crippen LogP contribution in [0.3, 0.4) is 0 Å². The molecule has 0 saturated carbocycles. The Morgan fingerprint density at radius 3 is 2.53 bits per heavy atom. The molecule has 0 spiro atoms. The van der Waals surface area contributed by atoms with Crippen molar-refractivity contribution in [2.24, 2.45) is 5.41 Å². The van der Waals surface area contributed by atoms with E-state index in [-0.39, 0.29) is 18.9 Å². The third-order valence-electron chi connectivity index (χ3n) is 2.88. The summed E-state index contributed by atoms with van der Waals surface area (Å²) in [6.45, 7) is 4.99. The highest BCUT2D eigenvalue weighted by Gasteiger charge is 2.46. The molecule has 1 fully saturated rings. The molecule has 1 rings (SSSR count). The number of ether oxygens (including phenoxy) is 1. The summed E-state index contributed by atoms with van der Waals surface area (Å²) in [5.74, 6) is -1.53. The van der Waals surface area contributed by atoms with Crippen molar-refractivity contribution in [1.82, 2.24) is 10.2 Å². The van der Waals surface area contributed by atoms with Gasteiger partial charge >= 0.3 is 12.0 Å². The number of esters is 1. The Balaban J connectivity index is 2.58. The fourth-order valence-electron chi connectivity index (χ4n) is 1.67. The summed E-state index contributed by atoms with van der Waals surface area (Å²) in [4.78, 5) is 47.2. The maximum atomic E-state index is 12.0. The van der Waals surface area contributed by atoms with Gasteiger partial charge in [0.25, 0.3) is 0 Å². The van der Waals surface area contributed by atoms with Crippen LogP contribution in [-0.4, -0.2) is 41.9 Å². The van der Waals surface area contributed by atoms with Crippen molar-refractivity contribution in [2.45, 2.75) is 33.6 Å². The van der Waals surface area contributed by atoms with Gasteiger partial charge in [-0.1, -0.05) is 0 Å². The Morgan fingerprint density at radius 2 is 1.95 bits per heavy atom. The minimum absolute atomic E-state index is 0.0835. The molecule has 0 unspecified atom stereocenters. The first-order valence-corrected chi connectivity index (χ1v) is 6.13. The van der Waals surface area contributed by atoms with Crippen molar-refractivity contribution in [3.05, 3.63) is 0 Å². The number of nitrogens with zero attached hydrogens (tertiary/aromatic N) is 1. The molecule has 0 aromatic heterocycles. The van der Waals surface area contributed by atoms with Crippen LogP contribution in [0.2, 0.25) is 0 Å². The highest BCUT2D eigenvalue weighted by atomic mass is 16.5. The first-order chi connectivity index (χ1) is 8.80. The van der Waals surface area contributed by atoms with E-state index in [0.717, 1.165) is 4.90 Å². The van der Waals surface area contributed by atoms with E-state index in [1.165, 1.54) is 13.8 Å². The van der Waals surface area contributed by atoms with Crippen LogP contribution in [0.15, 0.2) is 0 Å². The summed E-state index contributed by atoms with van der Waals surface area (Å²) in [7, 11) is 0. The van der Waals surface area contributed by atoms with Crippen LogP contribution >= 0.6 is 0 Å². The fourth-order valence-corrected chi connectivity index (χ4v) is 1.67. The molecule has 1 N–H and O–H groups in total. The number of hydrogen-bond acceptors (Lipinski definition) is 5. The summed E-state index contributed by atoms with van der Waals surface area (Å²) in [5, 5.41) is 2.12. The number of urea groups is 1. The second kappa shape index (κ2) is 5.81. The summed E-state index contributed by atoms with van der Waals surface area (Å²) >= 11 is 0. The molecule has 1 aliphatic rings. The smallest absolute Gasteiger partial charge is 0.330 e. The molecule has 0 aromatic carbocycles. The van der Waals surface area contributed by atoms with Gasteiger partial charge < -0.3 is 4.74 Å². The van der Waals surface area contributed by atoms with Crippen molar-refractivity contribution in [3.63, 3.8) is 0 Å². The van der Waals surface area contributed by atoms with Crippen molar-refractivity contribution in [1.29, 1.82) is 0 Å². The van der Waals surface area contributed by atoms with Gasteiger partial charge in [-0.25, -0.2) is 4.79 Å². The molecule has 0 bridgehead atoms. The summed E-state index contributed by atoms with van der Waals surface area (Å²) in [6, 6.07) is -0.738. The molecule has 7 heteroatoms. The number of carbonyl (C=O) groups is 4. The van der Waals surface area contributed by atoms with Gasteiger partial charge in [-0.05, 0) is 27.2 Å². The Hall–Kier alpha value is -1.92. The second-order valence-corrected chi connectivity index (χ2v) is 4.75. The van der Waals surface area contributed by atoms with E-state index in [1.807, 2.05) is 0 Å². The summed E-state index contributed by atoms with van der Waals surface area (Å²) in [6.07, 6.45) is 0.432. The normalized spacial score (nSPS) is 18.3. The van der Waals surface area contributed by atoms with E-state index in [4.69, 9.17) is 4.74 Å². The first-order valence-electron chi connectivity index (χ1n) is 6.13. The zero-order valence-electron chi connectivity index (χ0n) is 11.3. The average Bonchev–Trinajstić information content (AvgIpc) is 2.32. The Kier molecular flexibility index (Phi) is 4.63. The van der Waals surface area contributed by atoms with E-state index in [9.17, 15) is 19.2 Å². The Morgan fingerprint density at radius 1 is 1.32 bits per heavy atom. The predicted octanol–water partition coefficient (Wildman–Crippen LogP) is 0.434. The van der Waals surface area contributed by atoms with E-state index in [1.54, 1.807) is 6.92 Å². The predicted molar refractivity (Wildman–Crippen MR) is 64.9 cm³/mol. The van der Waals surface area contributed by atoms with E-state index in [0.29, 0.717) is 13.0 Å². The van der Waals surface area contributed by atoms with E-state index < -0.39 is 23.3 Å². The maximum absolute atomic E-state index is 12.0. The van der Waals surface area contributed by atoms with E-state index in [2.05, 4.69) is 5.32 Å². The zero-order valence-corrected chi connectivity index (χ0v) is 11.3. The Bertz CT molecular complexity index is 416. The van der Waals surface area contributed by atoms with Gasteiger partial charge in [0.05, 0.1) is 6.61 Å². The average molecular weight is 270 g/mol. The molecule has 106 valence electrons. The number of hydrogen-bond donors (Lipinski definition) is 1. The lowest BCUT2D eigenvalue weighted by atomic mass is 9.89. The number of amides is 4. The van der Waals surface area contributed by atoms with Crippen molar-refractivity contribution in [2.75, 3.05) is 13.2 Å². The zero-order chi connectivity index (χ0) is 14.6. The van der Waals surface area contributed by atoms with E-state index >= 15 is 0 Å². The standard InChI is InChI=1S/C12H18N2O5/c1-4-19-8(15)6-5-7-14-10(17)12(2,3)9(16)13-11(14)18/h4-7H2,1-3H3,(H,13,16,18). The van der Waals surface area contributed by atoms with Crippen LogP contribution in [0.25, 0.3) is 0 Å². The van der Waals surface area contributed by atoms with Gasteiger partial charge in [0.2, 0.25) is 11.8 Å². The highest BCUT2D eigenvalue weighted by Crippen LogP contribution is 2.23. The minimum Gasteiger partial charge on any atom is -0.466 e. The number of imide groups is 2. The Labute approximate surface area is 111 Å². The molecule has 0 aliphatic carbocycles. The quantitative estimate of drug-likeness (QED) is 0.578. The minimum atomic E-state index is -1.27. The van der Waals surface area contributed by atoms with Crippen molar-refractivity contribution in [3.8, 4) is 0 Å². The van der Waals surface area contributed by atoms with Gasteiger partial charge in [-0.15, -0.1) is 0 Å². The number of carbonyl (C=O) groups excluding carboxylic acids is 4. The maximum Gasteiger partial charge on any atom is 0.330 e. The lowest BCUT2D eigenvalue weighted by molar-refractivity contribution is -0.150. The third kappa shape index (κ3) is 3.30. The molecular weight excluding hydrogens is 252 g/mol. The molecule has 1 aliphatic heterocycles. The van der Waals surface area contributed by atoms with Gasteiger partial charge in [-0.2, -0.15) is 0 Å². The lowest BCUT2D eigenvalue weighted by Gasteiger charge is -2.34. The summed E-state index contributed by atoms with van der Waals surface area (Å²) < 4.78 is 4.75. The first kappa shape index (κ1) is 15.1. The van der Waals surface area contributed by atoms with Crippen LogP contribution in [0.5, 0.6) is 0 Å². The number of barbiturate groups is 1. The molecule has 1 heterocycles. The fraction of sp³-hybridized carbons (Fsp3) is 0.667. The van der Waals surface area contributed by atoms with Gasteiger partial charge in [0, 0.05) is 13.0 Å². The summed E-state index contributed by atoms with van der Waals surface area (Å²) in [5.41, 5.74) is -1.27. The van der Waals surface area contributed by atoms with Crippen molar-refractivity contribution < 1.29 is 23.9 Å². The highest BCUT2D eigenvalue weighted by molar-refractivity contribution is 6.18. The molecule has 7 nitrogen and oxygen atoms in total. The topological polar surface area (TPSA) is 92.8 Å². The van der Waals surface area contributed by atoms with Crippen LogP contribution in [-0.2, 0) is 19.1 Å². The van der Waals surface area contributed by atoms with Crippen LogP contribution in [0, 0.1) is 5.41 Å².